The van der Waals surface area contributed by atoms with Crippen LogP contribution in [0.25, 0.3) is 0 Å². The van der Waals surface area contributed by atoms with Crippen molar-refractivity contribution in [1.82, 2.24) is 25.0 Å². The fourth-order valence-corrected chi connectivity index (χ4v) is 4.79. The molecule has 2 amide bonds. The highest BCUT2D eigenvalue weighted by Crippen LogP contribution is 2.31. The van der Waals surface area contributed by atoms with Gasteiger partial charge in [-0.05, 0) is 39.0 Å². The number of amides is 2. The van der Waals surface area contributed by atoms with E-state index < -0.39 is 0 Å². The van der Waals surface area contributed by atoms with Gasteiger partial charge in [-0.1, -0.05) is 6.92 Å². The molecule has 0 saturated heterocycles. The summed E-state index contributed by atoms with van der Waals surface area (Å²) in [6.45, 7) is 9.10. The number of aromatic nitrogens is 3. The molecule has 0 spiro atoms. The molecule has 0 fully saturated rings. The number of nitrogens with zero attached hydrogens (tertiary/aromatic N) is 4. The lowest BCUT2D eigenvalue weighted by Gasteiger charge is -2.27. The highest BCUT2D eigenvalue weighted by molar-refractivity contribution is 7.11. The number of nitrogens with one attached hydrogen (secondary N) is 1. The van der Waals surface area contributed by atoms with Crippen molar-refractivity contribution in [2.45, 2.75) is 59.5 Å². The zero-order valence-corrected chi connectivity index (χ0v) is 18.1. The van der Waals surface area contributed by atoms with Gasteiger partial charge >= 0.3 is 0 Å². The summed E-state index contributed by atoms with van der Waals surface area (Å²) < 4.78 is 1.93. The fourth-order valence-electron chi connectivity index (χ4n) is 3.69. The number of carbonyl (C=O) groups excluding carboxylic acids is 2. The van der Waals surface area contributed by atoms with Crippen molar-refractivity contribution in [2.24, 2.45) is 5.92 Å². The standard InChI is InChI=1S/C20H29N5O2S/c1-6-18-23-12(2)19(28-18)13(3)24(5)20(27)16-11-22-25-8-7-15(9-17(16)25)10-21-14(4)26/h11,13,15H,6-10H2,1-5H3,(H,21,26)/t13-,15+/m0/s1. The van der Waals surface area contributed by atoms with Gasteiger partial charge in [0, 0.05) is 31.9 Å². The predicted molar refractivity (Wildman–Crippen MR) is 109 cm³/mol. The van der Waals surface area contributed by atoms with Crippen molar-refractivity contribution in [3.63, 3.8) is 0 Å². The first-order valence-corrected chi connectivity index (χ1v) is 10.7. The third-order valence-corrected chi connectivity index (χ3v) is 6.98. The molecule has 2 atom stereocenters. The van der Waals surface area contributed by atoms with Gasteiger partial charge in [-0.15, -0.1) is 11.3 Å². The number of hydrogen-bond donors (Lipinski definition) is 1. The van der Waals surface area contributed by atoms with E-state index in [1.807, 2.05) is 25.6 Å². The molecule has 0 aromatic carbocycles. The molecular formula is C20H29N5O2S. The number of aryl methyl sites for hydroxylation is 3. The van der Waals surface area contributed by atoms with Crippen LogP contribution in [0, 0.1) is 12.8 Å². The van der Waals surface area contributed by atoms with Crippen molar-refractivity contribution in [3.05, 3.63) is 33.0 Å². The van der Waals surface area contributed by atoms with E-state index >= 15 is 0 Å². The molecule has 3 heterocycles. The summed E-state index contributed by atoms with van der Waals surface area (Å²) in [7, 11) is 1.85. The molecule has 3 rings (SSSR count). The third kappa shape index (κ3) is 4.11. The van der Waals surface area contributed by atoms with E-state index in [-0.39, 0.29) is 17.9 Å². The van der Waals surface area contributed by atoms with Crippen molar-refractivity contribution in [3.8, 4) is 0 Å². The van der Waals surface area contributed by atoms with E-state index in [2.05, 4.69) is 22.3 Å². The SMILES string of the molecule is CCc1nc(C)c([C@H](C)N(C)C(=O)c2cnn3c2C[C@H](CNC(C)=O)CC3)s1. The second-order valence-electron chi connectivity index (χ2n) is 7.53. The maximum Gasteiger partial charge on any atom is 0.257 e. The van der Waals surface area contributed by atoms with E-state index in [0.29, 0.717) is 18.0 Å². The van der Waals surface area contributed by atoms with E-state index in [9.17, 15) is 9.59 Å². The van der Waals surface area contributed by atoms with Crippen LogP contribution in [0.3, 0.4) is 0 Å². The van der Waals surface area contributed by atoms with Gasteiger partial charge in [0.1, 0.15) is 0 Å². The molecule has 1 aliphatic heterocycles. The first-order valence-electron chi connectivity index (χ1n) is 9.84. The van der Waals surface area contributed by atoms with Gasteiger partial charge in [0.05, 0.1) is 34.2 Å². The summed E-state index contributed by atoms with van der Waals surface area (Å²) >= 11 is 1.68. The molecule has 2 aromatic heterocycles. The second-order valence-corrected chi connectivity index (χ2v) is 8.64. The van der Waals surface area contributed by atoms with Gasteiger partial charge in [0.15, 0.2) is 0 Å². The van der Waals surface area contributed by atoms with Gasteiger partial charge < -0.3 is 10.2 Å². The molecule has 0 aliphatic carbocycles. The zero-order chi connectivity index (χ0) is 20.4. The summed E-state index contributed by atoms with van der Waals surface area (Å²) in [5, 5.41) is 8.42. The molecule has 152 valence electrons. The van der Waals surface area contributed by atoms with Crippen molar-refractivity contribution in [1.29, 1.82) is 0 Å². The topological polar surface area (TPSA) is 80.1 Å². The minimum atomic E-state index is -0.0420. The zero-order valence-electron chi connectivity index (χ0n) is 17.3. The van der Waals surface area contributed by atoms with Crippen LogP contribution in [-0.4, -0.2) is 45.1 Å². The highest BCUT2D eigenvalue weighted by Gasteiger charge is 2.29. The highest BCUT2D eigenvalue weighted by atomic mass is 32.1. The normalized spacial score (nSPS) is 17.1. The third-order valence-electron chi connectivity index (χ3n) is 5.51. The number of rotatable bonds is 6. The largest absolute Gasteiger partial charge is 0.356 e. The monoisotopic (exact) mass is 403 g/mol. The van der Waals surface area contributed by atoms with Crippen molar-refractivity contribution < 1.29 is 9.59 Å². The average Bonchev–Trinajstić information content (AvgIpc) is 3.27. The number of carbonyl (C=O) groups is 2. The maximum absolute atomic E-state index is 13.2. The molecule has 7 nitrogen and oxygen atoms in total. The first-order chi connectivity index (χ1) is 13.3. The van der Waals surface area contributed by atoms with Crippen LogP contribution in [0.1, 0.15) is 64.9 Å². The maximum atomic E-state index is 13.2. The average molecular weight is 404 g/mol. The van der Waals surface area contributed by atoms with E-state index in [0.717, 1.165) is 47.1 Å². The van der Waals surface area contributed by atoms with Crippen LogP contribution < -0.4 is 5.32 Å². The van der Waals surface area contributed by atoms with Gasteiger partial charge in [0.2, 0.25) is 5.91 Å². The van der Waals surface area contributed by atoms with Crippen LogP contribution >= 0.6 is 11.3 Å². The molecule has 0 saturated carbocycles. The van der Waals surface area contributed by atoms with E-state index in [1.54, 1.807) is 22.4 Å². The number of thiazole rings is 1. The summed E-state index contributed by atoms with van der Waals surface area (Å²) in [6, 6.07) is -0.0420. The Morgan fingerprint density at radius 1 is 1.46 bits per heavy atom. The second kappa shape index (κ2) is 8.43. The summed E-state index contributed by atoms with van der Waals surface area (Å²) in [5.74, 6) is 0.299. The Hall–Kier alpha value is -2.22. The Morgan fingerprint density at radius 2 is 2.21 bits per heavy atom. The Kier molecular flexibility index (Phi) is 6.17. The fraction of sp³-hybridized carbons (Fsp3) is 0.600. The Morgan fingerprint density at radius 3 is 2.86 bits per heavy atom. The summed E-state index contributed by atoms with van der Waals surface area (Å²) in [4.78, 5) is 32.0. The van der Waals surface area contributed by atoms with Crippen LogP contribution in [0.15, 0.2) is 6.20 Å². The molecule has 0 unspecified atom stereocenters. The molecule has 1 aliphatic rings. The lowest BCUT2D eigenvalue weighted by Crippen LogP contribution is -2.34. The smallest absolute Gasteiger partial charge is 0.257 e. The molecule has 0 radical (unpaired) electrons. The van der Waals surface area contributed by atoms with Gasteiger partial charge in [-0.25, -0.2) is 4.98 Å². The van der Waals surface area contributed by atoms with Crippen LogP contribution in [0.2, 0.25) is 0 Å². The quantitative estimate of drug-likeness (QED) is 0.804. The minimum absolute atomic E-state index is 0.0141. The molecule has 2 aromatic rings. The Bertz CT molecular complexity index is 872. The Balaban J connectivity index is 1.77. The van der Waals surface area contributed by atoms with Crippen molar-refractivity contribution in [2.75, 3.05) is 13.6 Å². The summed E-state index contributed by atoms with van der Waals surface area (Å²) in [5.41, 5.74) is 2.64. The molecule has 28 heavy (non-hydrogen) atoms. The van der Waals surface area contributed by atoms with Gasteiger partial charge in [-0.3, -0.25) is 14.3 Å². The summed E-state index contributed by atoms with van der Waals surface area (Å²) in [6.07, 6.45) is 4.30. The molecule has 1 N–H and O–H groups in total. The predicted octanol–water partition coefficient (Wildman–Crippen LogP) is 2.74. The van der Waals surface area contributed by atoms with Gasteiger partial charge in [-0.2, -0.15) is 5.10 Å². The van der Waals surface area contributed by atoms with Crippen LogP contribution in [0.5, 0.6) is 0 Å². The number of hydrogen-bond acceptors (Lipinski definition) is 5. The number of fused-ring (bicyclic) bond motifs is 1. The van der Waals surface area contributed by atoms with Crippen LogP contribution in [0.4, 0.5) is 0 Å². The Labute approximate surface area is 170 Å². The molecule has 0 bridgehead atoms. The van der Waals surface area contributed by atoms with E-state index in [4.69, 9.17) is 0 Å². The molecular weight excluding hydrogens is 374 g/mol. The minimum Gasteiger partial charge on any atom is -0.356 e. The van der Waals surface area contributed by atoms with Crippen LogP contribution in [-0.2, 0) is 24.2 Å². The lowest BCUT2D eigenvalue weighted by molar-refractivity contribution is -0.119. The van der Waals surface area contributed by atoms with Gasteiger partial charge in [0.25, 0.3) is 5.91 Å². The first kappa shape index (κ1) is 20.5. The lowest BCUT2D eigenvalue weighted by atomic mass is 9.94. The van der Waals surface area contributed by atoms with E-state index in [1.165, 1.54) is 6.92 Å². The molecule has 8 heteroatoms. The van der Waals surface area contributed by atoms with Crippen molar-refractivity contribution >= 4 is 23.2 Å².